The first-order chi connectivity index (χ1) is 13.6. The molecule has 1 unspecified atom stereocenters. The molecule has 138 valence electrons. The molecule has 1 atom stereocenters. The molecule has 0 radical (unpaired) electrons. The van der Waals surface area contributed by atoms with Gasteiger partial charge in [-0.25, -0.2) is 4.98 Å². The molecule has 1 aromatic heterocycles. The number of hydrogen-bond donors (Lipinski definition) is 0. The van der Waals surface area contributed by atoms with Gasteiger partial charge in [0.05, 0.1) is 23.8 Å². The van der Waals surface area contributed by atoms with E-state index in [2.05, 4.69) is 27.0 Å². The van der Waals surface area contributed by atoms with Crippen molar-refractivity contribution in [2.45, 2.75) is 12.5 Å². The third-order valence-electron chi connectivity index (χ3n) is 4.49. The van der Waals surface area contributed by atoms with Crippen molar-refractivity contribution in [1.29, 1.82) is 5.26 Å². The van der Waals surface area contributed by atoms with Gasteiger partial charge < -0.3 is 9.47 Å². The summed E-state index contributed by atoms with van der Waals surface area (Å²) >= 11 is 3.40. The summed E-state index contributed by atoms with van der Waals surface area (Å²) in [5.41, 5.74) is 2.97. The quantitative estimate of drug-likeness (QED) is 0.548. The predicted octanol–water partition coefficient (Wildman–Crippen LogP) is 4.85. The van der Waals surface area contributed by atoms with Gasteiger partial charge in [-0.3, -0.25) is 4.79 Å². The zero-order valence-electron chi connectivity index (χ0n) is 14.8. The number of benzene rings is 2. The highest BCUT2D eigenvalue weighted by Crippen LogP contribution is 2.34. The smallest absolute Gasteiger partial charge is 0.169 e. The molecule has 5 nitrogen and oxygen atoms in total. The highest BCUT2D eigenvalue weighted by molar-refractivity contribution is 9.10. The lowest BCUT2D eigenvalue weighted by molar-refractivity contribution is 0.0933. The number of Topliss-reactive ketones (excluding diaryl/α,β-unsaturated/α-hetero) is 1. The number of pyridine rings is 1. The van der Waals surface area contributed by atoms with E-state index >= 15 is 0 Å². The number of aromatic nitrogens is 1. The number of carbonyl (C=O) groups is 1. The first-order valence-electron chi connectivity index (χ1n) is 8.72. The van der Waals surface area contributed by atoms with Gasteiger partial charge >= 0.3 is 0 Å². The van der Waals surface area contributed by atoms with E-state index in [9.17, 15) is 4.79 Å². The van der Waals surface area contributed by atoms with Crippen LogP contribution in [0, 0.1) is 11.3 Å². The number of nitriles is 1. The number of nitrogens with zero attached hydrogens (tertiary/aromatic N) is 2. The Hall–Kier alpha value is -3.17. The van der Waals surface area contributed by atoms with Gasteiger partial charge in [-0.1, -0.05) is 12.1 Å². The molecule has 3 aromatic rings. The summed E-state index contributed by atoms with van der Waals surface area (Å²) < 4.78 is 12.6. The maximum atomic E-state index is 12.0. The molecule has 6 heteroatoms. The molecule has 0 spiro atoms. The lowest BCUT2D eigenvalue weighted by Gasteiger charge is -2.22. The van der Waals surface area contributed by atoms with E-state index in [1.807, 2.05) is 24.3 Å². The number of ether oxygens (including phenoxy) is 2. The predicted molar refractivity (Wildman–Crippen MR) is 106 cm³/mol. The van der Waals surface area contributed by atoms with Gasteiger partial charge in [-0.2, -0.15) is 5.26 Å². The Labute approximate surface area is 170 Å². The molecule has 2 heterocycles. The summed E-state index contributed by atoms with van der Waals surface area (Å²) in [4.78, 5) is 16.2. The van der Waals surface area contributed by atoms with Gasteiger partial charge in [-0.15, -0.1) is 0 Å². The molecule has 1 aliphatic heterocycles. The van der Waals surface area contributed by atoms with Crippen molar-refractivity contribution in [3.05, 3.63) is 87.7 Å². The molecule has 0 aliphatic carbocycles. The second kappa shape index (κ2) is 7.83. The number of fused-ring (bicyclic) bond motifs is 1. The van der Waals surface area contributed by atoms with Crippen LogP contribution in [-0.4, -0.2) is 17.4 Å². The molecule has 1 aliphatic rings. The maximum absolute atomic E-state index is 12.0. The fourth-order valence-corrected chi connectivity index (χ4v) is 3.47. The van der Waals surface area contributed by atoms with Crippen LogP contribution in [0.2, 0.25) is 0 Å². The molecule has 4 rings (SSSR count). The van der Waals surface area contributed by atoms with Gasteiger partial charge in [0.15, 0.2) is 5.78 Å². The van der Waals surface area contributed by atoms with E-state index < -0.39 is 6.10 Å². The Bertz CT molecular complexity index is 1070. The van der Waals surface area contributed by atoms with E-state index in [0.29, 0.717) is 40.3 Å². The normalized spacial score (nSPS) is 13.8. The van der Waals surface area contributed by atoms with E-state index in [4.69, 9.17) is 14.7 Å². The molecular weight excluding hydrogens is 420 g/mol. The zero-order chi connectivity index (χ0) is 19.5. The topological polar surface area (TPSA) is 72.2 Å². The second-order valence-corrected chi connectivity index (χ2v) is 7.14. The highest BCUT2D eigenvalue weighted by atomic mass is 79.9. The first-order valence-corrected chi connectivity index (χ1v) is 9.51. The van der Waals surface area contributed by atoms with Crippen molar-refractivity contribution in [3.8, 4) is 17.6 Å². The van der Waals surface area contributed by atoms with Crippen LogP contribution in [0.1, 0.15) is 39.6 Å². The van der Waals surface area contributed by atoms with Crippen molar-refractivity contribution in [2.75, 3.05) is 6.61 Å². The number of ketones is 1. The van der Waals surface area contributed by atoms with Gasteiger partial charge in [0, 0.05) is 24.2 Å². The third-order valence-corrected chi connectivity index (χ3v) is 4.92. The number of halogens is 1. The molecule has 0 saturated heterocycles. The summed E-state index contributed by atoms with van der Waals surface area (Å²) in [6, 6.07) is 18.4. The molecule has 0 saturated carbocycles. The Balaban J connectivity index is 1.71. The minimum absolute atomic E-state index is 0.0782. The fraction of sp³-hybridized carbons (Fsp3) is 0.136. The summed E-state index contributed by atoms with van der Waals surface area (Å²) in [5, 5.41) is 9.05. The molecular formula is C22H15BrN2O3. The average molecular weight is 435 g/mol. The molecule has 0 amide bonds. The Morgan fingerprint density at radius 3 is 2.68 bits per heavy atom. The SMILES string of the molecule is N#Cc1ccc(C(Oc2ccc3c(c2)OCCC3=O)c2ccnc(Br)c2)cc1. The van der Waals surface area contributed by atoms with Crippen molar-refractivity contribution < 1.29 is 14.3 Å². The largest absolute Gasteiger partial charge is 0.492 e. The highest BCUT2D eigenvalue weighted by Gasteiger charge is 2.21. The molecule has 0 fully saturated rings. The summed E-state index contributed by atoms with van der Waals surface area (Å²) in [6.45, 7) is 0.381. The standard InChI is InChI=1S/C22H15BrN2O3/c23-21-11-16(7-9-25-21)22(15-3-1-14(13-24)2-4-15)28-17-5-6-18-19(26)8-10-27-20(18)12-17/h1-7,9,11-12,22H,8,10H2. The Morgan fingerprint density at radius 2 is 1.93 bits per heavy atom. The summed E-state index contributed by atoms with van der Waals surface area (Å²) in [6.07, 6.45) is 1.68. The number of carbonyl (C=O) groups excluding carboxylic acids is 1. The van der Waals surface area contributed by atoms with Crippen LogP contribution in [0.15, 0.2) is 65.4 Å². The van der Waals surface area contributed by atoms with Crippen LogP contribution in [0.25, 0.3) is 0 Å². The van der Waals surface area contributed by atoms with Crippen LogP contribution in [-0.2, 0) is 0 Å². The number of rotatable bonds is 4. The van der Waals surface area contributed by atoms with Crippen LogP contribution in [0.4, 0.5) is 0 Å². The van der Waals surface area contributed by atoms with Gasteiger partial charge in [0.1, 0.15) is 22.2 Å². The maximum Gasteiger partial charge on any atom is 0.169 e. The van der Waals surface area contributed by atoms with Crippen LogP contribution >= 0.6 is 15.9 Å². The number of hydrogen-bond acceptors (Lipinski definition) is 5. The lowest BCUT2D eigenvalue weighted by atomic mass is 10.0. The van der Waals surface area contributed by atoms with E-state index in [1.54, 1.807) is 36.5 Å². The summed E-state index contributed by atoms with van der Waals surface area (Å²) in [7, 11) is 0. The third kappa shape index (κ3) is 3.75. The zero-order valence-corrected chi connectivity index (χ0v) is 16.3. The van der Waals surface area contributed by atoms with Crippen molar-refractivity contribution in [1.82, 2.24) is 4.98 Å². The molecule has 28 heavy (non-hydrogen) atoms. The fourth-order valence-electron chi connectivity index (χ4n) is 3.09. The first kappa shape index (κ1) is 18.2. The second-order valence-electron chi connectivity index (χ2n) is 6.32. The summed E-state index contributed by atoms with van der Waals surface area (Å²) in [5.74, 6) is 1.22. The van der Waals surface area contributed by atoms with Crippen LogP contribution in [0.3, 0.4) is 0 Å². The minimum Gasteiger partial charge on any atom is -0.492 e. The van der Waals surface area contributed by atoms with Crippen molar-refractivity contribution in [2.24, 2.45) is 0 Å². The van der Waals surface area contributed by atoms with E-state index in [1.165, 1.54) is 0 Å². The Kier molecular flexibility index (Phi) is 5.09. The van der Waals surface area contributed by atoms with Gasteiger partial charge in [-0.05, 0) is 57.9 Å². The lowest BCUT2D eigenvalue weighted by Crippen LogP contribution is -2.15. The molecule has 0 N–H and O–H groups in total. The Morgan fingerprint density at radius 1 is 1.11 bits per heavy atom. The molecule has 0 bridgehead atoms. The van der Waals surface area contributed by atoms with Crippen molar-refractivity contribution >= 4 is 21.7 Å². The average Bonchev–Trinajstić information content (AvgIpc) is 2.72. The van der Waals surface area contributed by atoms with E-state index in [0.717, 1.165) is 11.1 Å². The van der Waals surface area contributed by atoms with E-state index in [-0.39, 0.29) is 5.78 Å². The van der Waals surface area contributed by atoms with Crippen LogP contribution < -0.4 is 9.47 Å². The van der Waals surface area contributed by atoms with Crippen molar-refractivity contribution in [3.63, 3.8) is 0 Å². The van der Waals surface area contributed by atoms with Gasteiger partial charge in [0.2, 0.25) is 0 Å². The van der Waals surface area contributed by atoms with Gasteiger partial charge in [0.25, 0.3) is 0 Å². The van der Waals surface area contributed by atoms with Crippen LogP contribution in [0.5, 0.6) is 11.5 Å². The monoisotopic (exact) mass is 434 g/mol. The molecule has 2 aromatic carbocycles. The minimum atomic E-state index is -0.413.